The summed E-state index contributed by atoms with van der Waals surface area (Å²) in [6.07, 6.45) is 0. The van der Waals surface area contributed by atoms with E-state index in [-0.39, 0.29) is 0 Å². The molecule has 17 heavy (non-hydrogen) atoms. The predicted molar refractivity (Wildman–Crippen MR) is 74.6 cm³/mol. The second kappa shape index (κ2) is 5.30. The number of nitrogens with zero attached hydrogens (tertiary/aromatic N) is 1. The molecule has 2 aromatic rings. The highest BCUT2D eigenvalue weighted by Crippen LogP contribution is 2.20. The van der Waals surface area contributed by atoms with Crippen molar-refractivity contribution in [2.24, 2.45) is 4.99 Å². The Balaban J connectivity index is 2.11. The zero-order valence-electron chi connectivity index (χ0n) is 10.1. The molecule has 0 atom stereocenters. The average molecular weight is 224 g/mol. The summed E-state index contributed by atoms with van der Waals surface area (Å²) in [4.78, 5) is 4.40. The summed E-state index contributed by atoms with van der Waals surface area (Å²) in [6.45, 7) is 3.99. The van der Waals surface area contributed by atoms with Crippen molar-refractivity contribution in [3.63, 3.8) is 0 Å². The lowest BCUT2D eigenvalue weighted by molar-refractivity contribution is 1.46. The van der Waals surface area contributed by atoms with E-state index in [1.165, 1.54) is 0 Å². The van der Waals surface area contributed by atoms with Crippen molar-refractivity contribution >= 4 is 22.8 Å². The third-order valence-corrected chi connectivity index (χ3v) is 2.28. The number of hydrogen-bond donors (Lipinski definition) is 1. The van der Waals surface area contributed by atoms with Gasteiger partial charge in [0.15, 0.2) is 0 Å². The molecule has 0 spiro atoms. The van der Waals surface area contributed by atoms with Gasteiger partial charge in [0.1, 0.15) is 0 Å². The summed E-state index contributed by atoms with van der Waals surface area (Å²) in [6, 6.07) is 18.2. The molecule has 0 unspecified atom stereocenters. The maximum atomic E-state index is 4.40. The highest BCUT2D eigenvalue weighted by molar-refractivity contribution is 5.82. The monoisotopic (exact) mass is 224 g/mol. The highest BCUT2D eigenvalue weighted by atomic mass is 14.9. The van der Waals surface area contributed by atoms with Gasteiger partial charge in [-0.1, -0.05) is 18.2 Å². The summed E-state index contributed by atoms with van der Waals surface area (Å²) in [5, 5.41) is 3.34. The van der Waals surface area contributed by atoms with Crippen molar-refractivity contribution in [2.45, 2.75) is 13.8 Å². The van der Waals surface area contributed by atoms with Crippen LogP contribution in [0.2, 0.25) is 0 Å². The first kappa shape index (κ1) is 11.4. The van der Waals surface area contributed by atoms with Crippen LogP contribution in [-0.4, -0.2) is 5.71 Å². The standard InChI is InChI=1S/C15H16N2/c1-12(2)16-14-8-10-15(11-9-14)17-13-6-4-3-5-7-13/h3-11,17H,1-2H3. The molecule has 86 valence electrons. The van der Waals surface area contributed by atoms with Crippen LogP contribution in [0, 0.1) is 0 Å². The van der Waals surface area contributed by atoms with E-state index in [9.17, 15) is 0 Å². The van der Waals surface area contributed by atoms with Crippen LogP contribution in [0.25, 0.3) is 0 Å². The molecule has 1 N–H and O–H groups in total. The van der Waals surface area contributed by atoms with Gasteiger partial charge in [0.25, 0.3) is 0 Å². The summed E-state index contributed by atoms with van der Waals surface area (Å²) in [7, 11) is 0. The van der Waals surface area contributed by atoms with Crippen LogP contribution in [0.5, 0.6) is 0 Å². The Labute approximate surface area is 102 Å². The van der Waals surface area contributed by atoms with Gasteiger partial charge in [-0.05, 0) is 50.2 Å². The number of anilines is 2. The first-order chi connectivity index (χ1) is 8.24. The molecule has 2 nitrogen and oxygen atoms in total. The smallest absolute Gasteiger partial charge is 0.0630 e. The van der Waals surface area contributed by atoms with Crippen LogP contribution >= 0.6 is 0 Å². The number of nitrogens with one attached hydrogen (secondary N) is 1. The number of benzene rings is 2. The molecule has 0 saturated carbocycles. The summed E-state index contributed by atoms with van der Waals surface area (Å²) in [5.41, 5.74) is 4.22. The molecule has 0 aromatic heterocycles. The normalized spacial score (nSPS) is 9.76. The molecule has 0 saturated heterocycles. The molecule has 0 radical (unpaired) electrons. The van der Waals surface area contributed by atoms with Gasteiger partial charge in [0.2, 0.25) is 0 Å². The minimum absolute atomic E-state index is 0.989. The van der Waals surface area contributed by atoms with E-state index in [4.69, 9.17) is 0 Å². The van der Waals surface area contributed by atoms with Crippen molar-refractivity contribution in [3.05, 3.63) is 54.6 Å². The number of para-hydroxylation sites is 1. The van der Waals surface area contributed by atoms with Crippen LogP contribution in [0.15, 0.2) is 59.6 Å². The Morgan fingerprint density at radius 2 is 1.41 bits per heavy atom. The number of rotatable bonds is 3. The molecule has 0 aliphatic rings. The summed E-state index contributed by atoms with van der Waals surface area (Å²) in [5.74, 6) is 0. The van der Waals surface area contributed by atoms with E-state index in [2.05, 4.69) is 10.3 Å². The van der Waals surface area contributed by atoms with Crippen molar-refractivity contribution in [3.8, 4) is 0 Å². The average Bonchev–Trinajstić information content (AvgIpc) is 2.32. The SMILES string of the molecule is CC(C)=Nc1ccc(Nc2ccccc2)cc1. The van der Waals surface area contributed by atoms with Crippen LogP contribution in [0.4, 0.5) is 17.1 Å². The van der Waals surface area contributed by atoms with E-state index in [1.54, 1.807) is 0 Å². The lowest BCUT2D eigenvalue weighted by Gasteiger charge is -2.06. The topological polar surface area (TPSA) is 24.4 Å². The second-order valence-corrected chi connectivity index (χ2v) is 4.10. The van der Waals surface area contributed by atoms with Crippen LogP contribution in [-0.2, 0) is 0 Å². The van der Waals surface area contributed by atoms with Crippen molar-refractivity contribution < 1.29 is 0 Å². The fourth-order valence-corrected chi connectivity index (χ4v) is 1.57. The minimum Gasteiger partial charge on any atom is -0.356 e. The third-order valence-electron chi connectivity index (χ3n) is 2.28. The lowest BCUT2D eigenvalue weighted by atomic mass is 10.2. The van der Waals surface area contributed by atoms with Gasteiger partial charge in [-0.15, -0.1) is 0 Å². The lowest BCUT2D eigenvalue weighted by Crippen LogP contribution is -1.88. The Kier molecular flexibility index (Phi) is 3.55. The first-order valence-corrected chi connectivity index (χ1v) is 5.68. The molecule has 2 rings (SSSR count). The van der Waals surface area contributed by atoms with Crippen LogP contribution in [0.3, 0.4) is 0 Å². The Morgan fingerprint density at radius 3 is 2.00 bits per heavy atom. The van der Waals surface area contributed by atoms with Crippen molar-refractivity contribution in [1.29, 1.82) is 0 Å². The predicted octanol–water partition coefficient (Wildman–Crippen LogP) is 4.54. The third kappa shape index (κ3) is 3.45. The van der Waals surface area contributed by atoms with Crippen LogP contribution in [0.1, 0.15) is 13.8 Å². The van der Waals surface area contributed by atoms with E-state index < -0.39 is 0 Å². The Hall–Kier alpha value is -2.09. The molecule has 2 heteroatoms. The molecule has 0 aliphatic carbocycles. The number of hydrogen-bond acceptors (Lipinski definition) is 2. The molecule has 0 bridgehead atoms. The first-order valence-electron chi connectivity index (χ1n) is 5.68. The maximum absolute atomic E-state index is 4.40. The van der Waals surface area contributed by atoms with E-state index >= 15 is 0 Å². The van der Waals surface area contributed by atoms with Gasteiger partial charge in [-0.25, -0.2) is 0 Å². The molecule has 2 aromatic carbocycles. The van der Waals surface area contributed by atoms with Gasteiger partial charge in [-0.2, -0.15) is 0 Å². The summed E-state index contributed by atoms with van der Waals surface area (Å²) >= 11 is 0. The largest absolute Gasteiger partial charge is 0.356 e. The van der Waals surface area contributed by atoms with Gasteiger partial charge < -0.3 is 5.32 Å². The molecule has 0 aliphatic heterocycles. The highest BCUT2D eigenvalue weighted by Gasteiger charge is 1.94. The number of aliphatic imine (C=N–C) groups is 1. The van der Waals surface area contributed by atoms with Gasteiger partial charge >= 0.3 is 0 Å². The Morgan fingerprint density at radius 1 is 0.824 bits per heavy atom. The van der Waals surface area contributed by atoms with E-state index in [0.717, 1.165) is 22.8 Å². The van der Waals surface area contributed by atoms with Gasteiger partial charge in [-0.3, -0.25) is 4.99 Å². The maximum Gasteiger partial charge on any atom is 0.0630 e. The summed E-state index contributed by atoms with van der Waals surface area (Å²) < 4.78 is 0. The second-order valence-electron chi connectivity index (χ2n) is 4.10. The van der Waals surface area contributed by atoms with Crippen LogP contribution < -0.4 is 5.32 Å². The minimum atomic E-state index is 0.989. The Bertz CT molecular complexity index is 494. The quantitative estimate of drug-likeness (QED) is 0.760. The molecular formula is C15H16N2. The molecule has 0 fully saturated rings. The van der Waals surface area contributed by atoms with Gasteiger partial charge in [0.05, 0.1) is 5.69 Å². The van der Waals surface area contributed by atoms with Gasteiger partial charge in [0, 0.05) is 17.1 Å². The van der Waals surface area contributed by atoms with E-state index in [1.807, 2.05) is 68.4 Å². The zero-order valence-corrected chi connectivity index (χ0v) is 10.1. The zero-order chi connectivity index (χ0) is 12.1. The fourth-order valence-electron chi connectivity index (χ4n) is 1.57. The molecule has 0 amide bonds. The van der Waals surface area contributed by atoms with E-state index in [0.29, 0.717) is 0 Å². The molecular weight excluding hydrogens is 208 g/mol. The molecule has 0 heterocycles. The fraction of sp³-hybridized carbons (Fsp3) is 0.133. The van der Waals surface area contributed by atoms with Crippen molar-refractivity contribution in [1.82, 2.24) is 0 Å². The van der Waals surface area contributed by atoms with Crippen molar-refractivity contribution in [2.75, 3.05) is 5.32 Å².